The van der Waals surface area contributed by atoms with Gasteiger partial charge in [-0.3, -0.25) is 53.1 Å². The monoisotopic (exact) mass is 1550 g/mol. The molecule has 6 atom stereocenters. The van der Waals surface area contributed by atoms with Gasteiger partial charge >= 0.3 is 6.09 Å². The van der Waals surface area contributed by atoms with Crippen LogP contribution in [0.1, 0.15) is 138 Å². The molecule has 4 N–H and O–H groups in total. The second-order valence-corrected chi connectivity index (χ2v) is 28.5. The van der Waals surface area contributed by atoms with Gasteiger partial charge in [-0.15, -0.1) is 0 Å². The number of ether oxygens (including phenoxy) is 13. The Morgan fingerprint density at radius 1 is 0.622 bits per heavy atom. The summed E-state index contributed by atoms with van der Waals surface area (Å²) in [7, 11) is 2.91. The van der Waals surface area contributed by atoms with Gasteiger partial charge in [0, 0.05) is 94.2 Å². The molecule has 7 amide bonds. The maximum Gasteiger partial charge on any atom is 0.416 e. The van der Waals surface area contributed by atoms with E-state index in [0.717, 1.165) is 15.4 Å². The molecule has 0 radical (unpaired) electrons. The van der Waals surface area contributed by atoms with Crippen LogP contribution in [0, 0.1) is 23.7 Å². The fraction of sp³-hybridized carbons (Fsp3) is 0.600. The minimum absolute atomic E-state index is 0.0273. The molecule has 0 saturated carbocycles. The van der Waals surface area contributed by atoms with Crippen LogP contribution < -0.4 is 34.5 Å². The number of likely N-dealkylation sites (tertiary alicyclic amines) is 1. The normalized spacial score (nSPS) is 18.4. The van der Waals surface area contributed by atoms with Gasteiger partial charge < -0.3 is 87.3 Å². The molecule has 1 fully saturated rings. The number of rotatable bonds is 51. The van der Waals surface area contributed by atoms with Crippen LogP contribution in [-0.4, -0.2) is 254 Å². The third-order valence-electron chi connectivity index (χ3n) is 19.4. The average molecular weight is 1550 g/mol. The number of anilines is 1. The molecule has 610 valence electrons. The summed E-state index contributed by atoms with van der Waals surface area (Å²) >= 11 is 0. The van der Waals surface area contributed by atoms with E-state index >= 15 is 0 Å². The Kier molecular flexibility index (Phi) is 35.2. The number of hydrogen-bond acceptors (Lipinski definition) is 25. The Morgan fingerprint density at radius 3 is 1.73 bits per heavy atom. The molecule has 0 aromatic heterocycles. The van der Waals surface area contributed by atoms with E-state index in [0.29, 0.717) is 171 Å². The molecule has 5 aliphatic rings. The SMILES string of the molecule is COc1cc2c(cc1OCCCCCOc1cc3c(cc1OC)C(=O)N1C=C(C)C[C@@]1(O)[C@H](O)N3C(=O)OCc1ccc(CC(=O)[C@H](C)NC(=O)[C@@H](CC(=O)CCOCCOCCOCCOCCOCCOCCOCCOCCNC(=O)CCN3C(=O)CC(C(C)C)C3=O)C(C)C)cc1)N=C[C@@H]1CC(C)=CN1C2=O. The Bertz CT molecular complexity index is 3730. The first kappa shape index (κ1) is 87.8. The summed E-state index contributed by atoms with van der Waals surface area (Å²) < 4.78 is 73.7. The number of Topliss-reactive ketones (excluding diaryl/α,β-unsaturated/α-hetero) is 2. The summed E-state index contributed by atoms with van der Waals surface area (Å²) in [6, 6.07) is 11.8. The molecule has 1 unspecified atom stereocenters. The number of nitrogens with one attached hydrogen (secondary N) is 2. The van der Waals surface area contributed by atoms with E-state index in [4.69, 9.17) is 61.6 Å². The Labute approximate surface area is 648 Å². The highest BCUT2D eigenvalue weighted by atomic mass is 16.6. The first-order valence-electron chi connectivity index (χ1n) is 38.2. The predicted octanol–water partition coefficient (Wildman–Crippen LogP) is 6.99. The highest BCUT2D eigenvalue weighted by Gasteiger charge is 2.55. The van der Waals surface area contributed by atoms with E-state index in [1.54, 1.807) is 61.4 Å². The van der Waals surface area contributed by atoms with E-state index in [2.05, 4.69) is 15.6 Å². The molecule has 5 aliphatic heterocycles. The number of nitrogens with zero attached hydrogens (tertiary/aromatic N) is 5. The lowest BCUT2D eigenvalue weighted by molar-refractivity contribution is -0.140. The zero-order valence-electron chi connectivity index (χ0n) is 65.4. The second kappa shape index (κ2) is 44.5. The van der Waals surface area contributed by atoms with Gasteiger partial charge in [0.2, 0.25) is 23.6 Å². The number of hydrogen-bond donors (Lipinski definition) is 4. The number of unbranched alkanes of at least 4 members (excludes halogenated alkanes) is 2. The number of aliphatic hydroxyl groups excluding tert-OH is 1. The largest absolute Gasteiger partial charge is 0.493 e. The quantitative estimate of drug-likeness (QED) is 0.0327. The van der Waals surface area contributed by atoms with E-state index < -0.39 is 41.8 Å². The highest BCUT2D eigenvalue weighted by Crippen LogP contribution is 2.46. The number of benzene rings is 3. The van der Waals surface area contributed by atoms with Gasteiger partial charge in [0.25, 0.3) is 11.8 Å². The molecule has 1 saturated heterocycles. The standard InChI is InChI=1S/C80H111N7O24/c1-52(2)61(41-60(88)18-23-101-25-27-103-29-31-105-33-35-107-37-38-108-36-34-106-32-30-104-28-26-102-24-19-81-72(90)17-20-84-73(91)44-62(53(3)4)75(84)93)74(92)83-56(7)67(89)40-57-13-15-58(16-14-57)51-111-79(97)87-66-46-71(69(100-9)43-64(66)77(95)86-50-55(6)47-80(86,98)78(87)96)110-22-12-10-11-21-109-70-45-65-63(42-68(70)99-8)76(94)85-49-54(5)39-59(85)48-82-65/h13-16,42-43,45-46,48-50,52-53,56,59,61-62,78,96,98H,10-12,17-41,44,47,51H2,1-9H3,(H,81,90)(H,83,92)/t56-,59-,61-,62?,78-,80+/m0/s1. The van der Waals surface area contributed by atoms with Crippen LogP contribution in [0.2, 0.25) is 0 Å². The van der Waals surface area contributed by atoms with Gasteiger partial charge in [0.05, 0.1) is 168 Å². The highest BCUT2D eigenvalue weighted by molar-refractivity contribution is 6.07. The van der Waals surface area contributed by atoms with Crippen molar-refractivity contribution in [3.63, 3.8) is 0 Å². The van der Waals surface area contributed by atoms with Crippen LogP contribution in [-0.2, 0) is 84.4 Å². The third kappa shape index (κ3) is 25.6. The summed E-state index contributed by atoms with van der Waals surface area (Å²) in [5, 5.41) is 29.5. The number of amides is 7. The van der Waals surface area contributed by atoms with Gasteiger partial charge in [-0.25, -0.2) is 9.69 Å². The van der Waals surface area contributed by atoms with E-state index in [9.17, 15) is 53.4 Å². The molecule has 5 heterocycles. The first-order chi connectivity index (χ1) is 53.4. The number of carbonyl (C=O) groups excluding carboxylic acids is 9. The molecule has 31 heteroatoms. The van der Waals surface area contributed by atoms with E-state index in [1.807, 2.05) is 40.8 Å². The molecule has 3 aromatic carbocycles. The minimum atomic E-state index is -2.27. The lowest BCUT2D eigenvalue weighted by atomic mass is 9.88. The molecule has 0 bridgehead atoms. The summed E-state index contributed by atoms with van der Waals surface area (Å²) in [6.07, 6.45) is 4.62. The number of fused-ring (bicyclic) bond motifs is 4. The zero-order valence-corrected chi connectivity index (χ0v) is 65.4. The van der Waals surface area contributed by atoms with Crippen molar-refractivity contribution in [1.29, 1.82) is 0 Å². The van der Waals surface area contributed by atoms with Crippen molar-refractivity contribution in [1.82, 2.24) is 25.3 Å². The topological polar surface area (TPSA) is 363 Å². The maximum absolute atomic E-state index is 14.3. The summed E-state index contributed by atoms with van der Waals surface area (Å²) in [6.45, 7) is 18.9. The van der Waals surface area contributed by atoms with Crippen molar-refractivity contribution in [2.45, 2.75) is 143 Å². The van der Waals surface area contributed by atoms with Crippen LogP contribution in [0.4, 0.5) is 16.2 Å². The van der Waals surface area contributed by atoms with Gasteiger partial charge in [-0.05, 0) is 81.5 Å². The number of aliphatic hydroxyl groups is 2. The van der Waals surface area contributed by atoms with Crippen LogP contribution in [0.3, 0.4) is 0 Å². The van der Waals surface area contributed by atoms with Gasteiger partial charge in [-0.2, -0.15) is 0 Å². The number of methoxy groups -OCH3 is 2. The molecular formula is C80H111N7O24. The molecule has 8 rings (SSSR count). The van der Waals surface area contributed by atoms with Crippen molar-refractivity contribution in [2.75, 3.05) is 151 Å². The van der Waals surface area contributed by atoms with Crippen molar-refractivity contribution in [2.24, 2.45) is 28.7 Å². The summed E-state index contributed by atoms with van der Waals surface area (Å²) in [4.78, 5) is 128. The maximum atomic E-state index is 14.3. The molecule has 0 aliphatic carbocycles. The first-order valence-corrected chi connectivity index (χ1v) is 38.2. The van der Waals surface area contributed by atoms with Crippen LogP contribution in [0.25, 0.3) is 0 Å². The number of ketones is 2. The van der Waals surface area contributed by atoms with E-state index in [-0.39, 0.29) is 153 Å². The fourth-order valence-corrected chi connectivity index (χ4v) is 13.0. The molecule has 0 spiro atoms. The molecule has 31 nitrogen and oxygen atoms in total. The minimum Gasteiger partial charge on any atom is -0.493 e. The Balaban J connectivity index is 0.646. The van der Waals surface area contributed by atoms with Crippen molar-refractivity contribution >= 4 is 70.7 Å². The van der Waals surface area contributed by atoms with Crippen molar-refractivity contribution in [3.05, 3.63) is 94.3 Å². The van der Waals surface area contributed by atoms with Crippen molar-refractivity contribution < 1.29 is 115 Å². The number of carbonyl (C=O) groups is 9. The summed E-state index contributed by atoms with van der Waals surface area (Å²) in [5.74, 6) is -2.33. The Hall–Kier alpha value is -8.76. The molecular weight excluding hydrogens is 1440 g/mol. The van der Waals surface area contributed by atoms with Crippen molar-refractivity contribution in [3.8, 4) is 23.0 Å². The number of aliphatic imine (C=N–C) groups is 1. The third-order valence-corrected chi connectivity index (χ3v) is 19.4. The number of imide groups is 1. The van der Waals surface area contributed by atoms with Gasteiger partial charge in [0.1, 0.15) is 12.4 Å². The lowest BCUT2D eigenvalue weighted by Crippen LogP contribution is -2.60. The van der Waals surface area contributed by atoms with Crippen LogP contribution >= 0.6 is 0 Å². The van der Waals surface area contributed by atoms with Crippen LogP contribution in [0.15, 0.2) is 77.1 Å². The second-order valence-electron chi connectivity index (χ2n) is 28.5. The smallest absolute Gasteiger partial charge is 0.416 e. The molecule has 3 aromatic rings. The van der Waals surface area contributed by atoms with Crippen LogP contribution in [0.5, 0.6) is 23.0 Å². The fourth-order valence-electron chi connectivity index (χ4n) is 13.0. The zero-order chi connectivity index (χ0) is 80.0. The van der Waals surface area contributed by atoms with Gasteiger partial charge in [-0.1, -0.05) is 63.1 Å². The van der Waals surface area contributed by atoms with E-state index in [1.165, 1.54) is 37.5 Å². The lowest BCUT2D eigenvalue weighted by Gasteiger charge is -2.38. The average Bonchev–Trinajstić information content (AvgIpc) is 1.58. The van der Waals surface area contributed by atoms with Gasteiger partial charge in [0.15, 0.2) is 40.7 Å². The predicted molar refractivity (Wildman–Crippen MR) is 405 cm³/mol. The molecule has 111 heavy (non-hydrogen) atoms. The summed E-state index contributed by atoms with van der Waals surface area (Å²) in [5.41, 5.74) is 1.27. The Morgan fingerprint density at radius 2 is 1.17 bits per heavy atom.